The van der Waals surface area contributed by atoms with E-state index in [4.69, 9.17) is 0 Å². The molecule has 2 rings (SSSR count). The Kier molecular flexibility index (Phi) is 8.55. The number of hydrogen-bond donors (Lipinski definition) is 2. The average Bonchev–Trinajstić information content (AvgIpc) is 2.70. The van der Waals surface area contributed by atoms with Crippen LogP contribution in [0, 0.1) is 0 Å². The van der Waals surface area contributed by atoms with Crippen LogP contribution in [0.2, 0.25) is 0 Å². The van der Waals surface area contributed by atoms with Crippen molar-refractivity contribution in [1.29, 1.82) is 0 Å². The summed E-state index contributed by atoms with van der Waals surface area (Å²) in [5, 5.41) is 3.24. The number of rotatable bonds is 9. The second-order valence-electron chi connectivity index (χ2n) is 6.56. The molecule has 164 valence electrons. The van der Waals surface area contributed by atoms with Crippen molar-refractivity contribution in [2.24, 2.45) is 4.99 Å². The molecule has 2 aromatic rings. The molecule has 2 aromatic carbocycles. The van der Waals surface area contributed by atoms with Gasteiger partial charge >= 0.3 is 6.61 Å². The normalized spacial score (nSPS) is 12.1. The lowest BCUT2D eigenvalue weighted by molar-refractivity contribution is -0.0498. The smallest absolute Gasteiger partial charge is 0.387 e. The highest BCUT2D eigenvalue weighted by molar-refractivity contribution is 7.88. The predicted molar refractivity (Wildman–Crippen MR) is 113 cm³/mol. The summed E-state index contributed by atoms with van der Waals surface area (Å²) in [6, 6.07) is 13.7. The Morgan fingerprint density at radius 2 is 1.63 bits per heavy atom. The molecule has 30 heavy (non-hydrogen) atoms. The van der Waals surface area contributed by atoms with Gasteiger partial charge in [-0.15, -0.1) is 0 Å². The number of guanidine groups is 1. The molecule has 0 spiro atoms. The fourth-order valence-electron chi connectivity index (χ4n) is 2.74. The van der Waals surface area contributed by atoms with Crippen molar-refractivity contribution in [3.63, 3.8) is 0 Å². The molecule has 0 aromatic heterocycles. The van der Waals surface area contributed by atoms with E-state index in [0.29, 0.717) is 24.6 Å². The van der Waals surface area contributed by atoms with E-state index in [1.165, 1.54) is 19.2 Å². The SMILES string of the molecule is CN=C(NCc1ccc(CS(=O)(=O)NC)cc1)N(C)Cc1ccc(OC(F)F)cc1. The van der Waals surface area contributed by atoms with Crippen molar-refractivity contribution in [3.8, 4) is 5.75 Å². The molecular formula is C20H26F2N4O3S. The number of alkyl halides is 2. The number of hydrogen-bond acceptors (Lipinski definition) is 4. The minimum absolute atomic E-state index is 0.0667. The first kappa shape index (κ1) is 23.6. The van der Waals surface area contributed by atoms with E-state index in [-0.39, 0.29) is 11.5 Å². The Morgan fingerprint density at radius 1 is 1.07 bits per heavy atom. The molecule has 2 N–H and O–H groups in total. The first-order valence-electron chi connectivity index (χ1n) is 9.17. The largest absolute Gasteiger partial charge is 0.435 e. The molecule has 0 aliphatic carbocycles. The zero-order chi connectivity index (χ0) is 22.1. The van der Waals surface area contributed by atoms with Crippen LogP contribution < -0.4 is 14.8 Å². The van der Waals surface area contributed by atoms with Crippen LogP contribution in [0.15, 0.2) is 53.5 Å². The van der Waals surface area contributed by atoms with E-state index in [9.17, 15) is 17.2 Å². The van der Waals surface area contributed by atoms with E-state index >= 15 is 0 Å². The van der Waals surface area contributed by atoms with Gasteiger partial charge in [-0.05, 0) is 35.9 Å². The van der Waals surface area contributed by atoms with Gasteiger partial charge in [-0.25, -0.2) is 13.1 Å². The Balaban J connectivity index is 1.90. The van der Waals surface area contributed by atoms with Gasteiger partial charge in [-0.2, -0.15) is 8.78 Å². The lowest BCUT2D eigenvalue weighted by Crippen LogP contribution is -2.38. The minimum Gasteiger partial charge on any atom is -0.435 e. The summed E-state index contributed by atoms with van der Waals surface area (Å²) in [5.74, 6) is 0.706. The van der Waals surface area contributed by atoms with Gasteiger partial charge in [-0.1, -0.05) is 36.4 Å². The third-order valence-corrected chi connectivity index (χ3v) is 5.62. The van der Waals surface area contributed by atoms with Crippen LogP contribution in [-0.2, 0) is 28.9 Å². The molecule has 0 atom stereocenters. The molecule has 0 unspecified atom stereocenters. The zero-order valence-electron chi connectivity index (χ0n) is 17.1. The van der Waals surface area contributed by atoms with Gasteiger partial charge in [-0.3, -0.25) is 4.99 Å². The second kappa shape index (κ2) is 10.9. The minimum atomic E-state index is -3.30. The second-order valence-corrected chi connectivity index (χ2v) is 8.49. The summed E-state index contributed by atoms with van der Waals surface area (Å²) in [6.07, 6.45) is 0. The molecule has 0 aliphatic heterocycles. The fraction of sp³-hybridized carbons (Fsp3) is 0.350. The first-order chi connectivity index (χ1) is 14.2. The van der Waals surface area contributed by atoms with Crippen molar-refractivity contribution in [2.75, 3.05) is 21.1 Å². The summed E-state index contributed by atoms with van der Waals surface area (Å²) in [7, 11) is 1.63. The summed E-state index contributed by atoms with van der Waals surface area (Å²) >= 11 is 0. The highest BCUT2D eigenvalue weighted by Crippen LogP contribution is 2.16. The van der Waals surface area contributed by atoms with Crippen LogP contribution >= 0.6 is 0 Å². The number of ether oxygens (including phenoxy) is 1. The van der Waals surface area contributed by atoms with Gasteiger partial charge in [0.1, 0.15) is 5.75 Å². The van der Waals surface area contributed by atoms with Crippen LogP contribution in [0.1, 0.15) is 16.7 Å². The monoisotopic (exact) mass is 440 g/mol. The zero-order valence-corrected chi connectivity index (χ0v) is 17.9. The Hall–Kier alpha value is -2.72. The van der Waals surface area contributed by atoms with Crippen molar-refractivity contribution < 1.29 is 21.9 Å². The topological polar surface area (TPSA) is 83.0 Å². The van der Waals surface area contributed by atoms with Gasteiger partial charge in [0.15, 0.2) is 5.96 Å². The number of halogens is 2. The number of benzene rings is 2. The molecule has 0 amide bonds. The number of nitrogens with one attached hydrogen (secondary N) is 2. The summed E-state index contributed by atoms with van der Waals surface area (Å²) < 4.78 is 54.3. The van der Waals surface area contributed by atoms with Gasteiger partial charge < -0.3 is 15.0 Å². The van der Waals surface area contributed by atoms with Crippen molar-refractivity contribution >= 4 is 16.0 Å². The molecule has 10 heteroatoms. The third kappa shape index (κ3) is 7.60. The Morgan fingerprint density at radius 3 is 2.17 bits per heavy atom. The summed E-state index contributed by atoms with van der Waals surface area (Å²) in [5.41, 5.74) is 2.59. The predicted octanol–water partition coefficient (Wildman–Crippen LogP) is 2.54. The quantitative estimate of drug-likeness (QED) is 0.463. The Labute approximate surface area is 175 Å². The van der Waals surface area contributed by atoms with Crippen LogP contribution in [0.5, 0.6) is 5.75 Å². The molecule has 0 fully saturated rings. The molecule has 0 aliphatic rings. The third-order valence-electron chi connectivity index (χ3n) is 4.28. The Bertz CT molecular complexity index is 934. The lowest BCUT2D eigenvalue weighted by atomic mass is 10.1. The van der Waals surface area contributed by atoms with E-state index in [0.717, 1.165) is 11.1 Å². The molecule has 0 radical (unpaired) electrons. The highest BCUT2D eigenvalue weighted by Gasteiger charge is 2.10. The van der Waals surface area contributed by atoms with Crippen molar-refractivity contribution in [2.45, 2.75) is 25.5 Å². The maximum atomic E-state index is 12.2. The number of aliphatic imine (C=N–C) groups is 1. The summed E-state index contributed by atoms with van der Waals surface area (Å²) in [4.78, 5) is 6.15. The van der Waals surface area contributed by atoms with E-state index in [2.05, 4.69) is 19.8 Å². The van der Waals surface area contributed by atoms with Gasteiger partial charge in [0, 0.05) is 27.2 Å². The van der Waals surface area contributed by atoms with Crippen LogP contribution in [0.4, 0.5) is 8.78 Å². The highest BCUT2D eigenvalue weighted by atomic mass is 32.2. The standard InChI is InChI=1S/C20H26F2N4O3S/c1-23-20(26(3)13-16-8-10-18(11-9-16)29-19(21)22)25-12-15-4-6-17(7-5-15)14-30(27,28)24-2/h4-11,19,24H,12-14H2,1-3H3,(H,23,25). The number of nitrogens with zero attached hydrogens (tertiary/aromatic N) is 2. The molecule has 0 saturated heterocycles. The van der Waals surface area contributed by atoms with Gasteiger partial charge in [0.2, 0.25) is 10.0 Å². The maximum Gasteiger partial charge on any atom is 0.387 e. The molecular weight excluding hydrogens is 414 g/mol. The first-order valence-corrected chi connectivity index (χ1v) is 10.8. The van der Waals surface area contributed by atoms with Crippen LogP contribution in [-0.4, -0.2) is 47.0 Å². The van der Waals surface area contributed by atoms with E-state index in [1.54, 1.807) is 31.3 Å². The molecule has 0 saturated carbocycles. The van der Waals surface area contributed by atoms with Gasteiger partial charge in [0.05, 0.1) is 5.75 Å². The van der Waals surface area contributed by atoms with E-state index < -0.39 is 16.6 Å². The van der Waals surface area contributed by atoms with Gasteiger partial charge in [0.25, 0.3) is 0 Å². The molecule has 0 heterocycles. The fourth-order valence-corrected chi connectivity index (χ4v) is 3.51. The van der Waals surface area contributed by atoms with Crippen molar-refractivity contribution in [1.82, 2.24) is 14.9 Å². The summed E-state index contributed by atoms with van der Waals surface area (Å²) in [6.45, 7) is -1.81. The van der Waals surface area contributed by atoms with Crippen LogP contribution in [0.3, 0.4) is 0 Å². The maximum absolute atomic E-state index is 12.2. The average molecular weight is 441 g/mol. The molecule has 7 nitrogen and oxygen atoms in total. The van der Waals surface area contributed by atoms with E-state index in [1.807, 2.05) is 24.1 Å². The van der Waals surface area contributed by atoms with Crippen LogP contribution in [0.25, 0.3) is 0 Å². The molecule has 0 bridgehead atoms. The van der Waals surface area contributed by atoms with Crippen molar-refractivity contribution in [3.05, 3.63) is 65.2 Å². The number of sulfonamides is 1. The lowest BCUT2D eigenvalue weighted by Gasteiger charge is -2.22.